The van der Waals surface area contributed by atoms with E-state index in [1.807, 2.05) is 0 Å². The van der Waals surface area contributed by atoms with E-state index in [0.717, 1.165) is 11.1 Å². The molecule has 9 heteroatoms. The number of ether oxygens (including phenoxy) is 1. The van der Waals surface area contributed by atoms with Crippen LogP contribution in [0.1, 0.15) is 11.1 Å². The summed E-state index contributed by atoms with van der Waals surface area (Å²) in [6.45, 7) is 3.47. The Morgan fingerprint density at radius 2 is 1.60 bits per heavy atom. The standard InChI is InChI=1S/C11H14F3IO4S/c1-7-5-9(6-8(2)10(7)18-4)15(3)19-20(16,17)11(12,13)14/h5-6H,1-4H3. The summed E-state index contributed by atoms with van der Waals surface area (Å²) in [5.74, 6) is 0.622. The molecule has 0 amide bonds. The Morgan fingerprint density at radius 1 is 1.15 bits per heavy atom. The third-order valence-electron chi connectivity index (χ3n) is 2.40. The van der Waals surface area contributed by atoms with Gasteiger partial charge in [-0.05, 0) is 0 Å². The zero-order valence-electron chi connectivity index (χ0n) is 11.2. The Kier molecular flexibility index (Phi) is 5.30. The van der Waals surface area contributed by atoms with Crippen LogP contribution in [0.15, 0.2) is 12.1 Å². The van der Waals surface area contributed by atoms with Crippen molar-refractivity contribution < 1.29 is 28.8 Å². The van der Waals surface area contributed by atoms with Gasteiger partial charge in [-0.15, -0.1) is 0 Å². The minimum absolute atomic E-state index is 0.484. The quantitative estimate of drug-likeness (QED) is 0.421. The van der Waals surface area contributed by atoms with Crippen LogP contribution < -0.4 is 4.74 Å². The number of benzene rings is 1. The molecule has 4 nitrogen and oxygen atoms in total. The van der Waals surface area contributed by atoms with E-state index in [2.05, 4.69) is 2.51 Å². The summed E-state index contributed by atoms with van der Waals surface area (Å²) in [5.41, 5.74) is -3.95. The summed E-state index contributed by atoms with van der Waals surface area (Å²) in [6.07, 6.45) is 0. The number of alkyl halides is 4. The van der Waals surface area contributed by atoms with Crippen molar-refractivity contribution in [3.8, 4) is 5.75 Å². The molecule has 0 aromatic heterocycles. The molecule has 0 radical (unpaired) electrons. The molecular formula is C11H14F3IO4S. The first-order valence-corrected chi connectivity index (χ1v) is 10.8. The van der Waals surface area contributed by atoms with Gasteiger partial charge < -0.3 is 0 Å². The van der Waals surface area contributed by atoms with E-state index in [1.165, 1.54) is 12.0 Å². The van der Waals surface area contributed by atoms with Crippen LogP contribution in [0.3, 0.4) is 0 Å². The summed E-state index contributed by atoms with van der Waals surface area (Å²) < 4.78 is 68.8. The molecule has 0 atom stereocenters. The van der Waals surface area contributed by atoms with E-state index >= 15 is 0 Å². The molecule has 0 N–H and O–H groups in total. The molecule has 0 aliphatic heterocycles. The average molecular weight is 426 g/mol. The van der Waals surface area contributed by atoms with Crippen LogP contribution in [0.25, 0.3) is 0 Å². The molecule has 0 spiro atoms. The third-order valence-corrected chi connectivity index (χ3v) is 8.73. The van der Waals surface area contributed by atoms with Crippen molar-refractivity contribution in [2.75, 3.05) is 12.0 Å². The Morgan fingerprint density at radius 3 is 1.95 bits per heavy atom. The first kappa shape index (κ1) is 17.5. The van der Waals surface area contributed by atoms with Gasteiger partial charge in [0.05, 0.1) is 0 Å². The fraction of sp³-hybridized carbons (Fsp3) is 0.455. The second kappa shape index (κ2) is 6.06. The first-order valence-electron chi connectivity index (χ1n) is 5.26. The molecule has 0 saturated carbocycles. The SMILES string of the molecule is COc1c(C)cc(I(C)OS(=O)(=O)C(F)(F)F)cc1C. The second-order valence-corrected chi connectivity index (χ2v) is 10.2. The zero-order valence-corrected chi connectivity index (χ0v) is 14.2. The van der Waals surface area contributed by atoms with Crippen LogP contribution in [-0.2, 0) is 12.6 Å². The Labute approximate surface area is 123 Å². The minimum atomic E-state index is -5.55. The summed E-state index contributed by atoms with van der Waals surface area (Å²) in [7, 11) is -4.06. The van der Waals surface area contributed by atoms with E-state index in [0.29, 0.717) is 9.32 Å². The summed E-state index contributed by atoms with van der Waals surface area (Å²) in [6, 6.07) is 3.20. The van der Waals surface area contributed by atoms with E-state index in [9.17, 15) is 21.6 Å². The molecule has 20 heavy (non-hydrogen) atoms. The van der Waals surface area contributed by atoms with Crippen molar-refractivity contribution in [3.05, 3.63) is 26.8 Å². The summed E-state index contributed by atoms with van der Waals surface area (Å²) in [4.78, 5) is 1.40. The van der Waals surface area contributed by atoms with E-state index < -0.39 is 35.9 Å². The van der Waals surface area contributed by atoms with Crippen molar-refractivity contribution in [2.24, 2.45) is 0 Å². The fourth-order valence-corrected chi connectivity index (χ4v) is 7.14. The topological polar surface area (TPSA) is 52.6 Å². The Balaban J connectivity index is 3.09. The van der Waals surface area contributed by atoms with E-state index in [-0.39, 0.29) is 0 Å². The normalized spacial score (nSPS) is 13.2. The van der Waals surface area contributed by atoms with E-state index in [1.54, 1.807) is 26.0 Å². The number of hydrogen-bond acceptors (Lipinski definition) is 4. The number of aryl methyl sites for hydroxylation is 2. The Bertz CT molecular complexity index is 575. The van der Waals surface area contributed by atoms with Crippen molar-refractivity contribution in [3.63, 3.8) is 0 Å². The van der Waals surface area contributed by atoms with Crippen LogP contribution in [0, 0.1) is 17.4 Å². The predicted octanol–water partition coefficient (Wildman–Crippen LogP) is 3.40. The molecule has 0 unspecified atom stereocenters. The van der Waals surface area contributed by atoms with Crippen molar-refractivity contribution in [1.82, 2.24) is 0 Å². The van der Waals surface area contributed by atoms with Gasteiger partial charge in [0.1, 0.15) is 0 Å². The van der Waals surface area contributed by atoms with Gasteiger partial charge in [0.15, 0.2) is 0 Å². The molecular weight excluding hydrogens is 412 g/mol. The Hall–Kier alpha value is -0.550. The van der Waals surface area contributed by atoms with Gasteiger partial charge in [-0.1, -0.05) is 0 Å². The molecule has 0 fully saturated rings. The maximum atomic E-state index is 12.3. The monoisotopic (exact) mass is 426 g/mol. The van der Waals surface area contributed by atoms with Crippen LogP contribution in [-0.4, -0.2) is 26.0 Å². The predicted molar refractivity (Wildman–Crippen MR) is 77.2 cm³/mol. The number of rotatable bonds is 4. The number of methoxy groups -OCH3 is 1. The molecule has 0 bridgehead atoms. The molecule has 1 aromatic rings. The van der Waals surface area contributed by atoms with E-state index in [4.69, 9.17) is 4.74 Å². The van der Waals surface area contributed by atoms with Gasteiger partial charge in [-0.2, -0.15) is 0 Å². The van der Waals surface area contributed by atoms with Gasteiger partial charge in [0.25, 0.3) is 0 Å². The maximum absolute atomic E-state index is 12.3. The first-order chi connectivity index (χ1) is 8.99. The average Bonchev–Trinajstić information content (AvgIpc) is 2.26. The van der Waals surface area contributed by atoms with Gasteiger partial charge in [-0.25, -0.2) is 0 Å². The van der Waals surface area contributed by atoms with Crippen LogP contribution in [0.5, 0.6) is 5.75 Å². The van der Waals surface area contributed by atoms with Crippen molar-refractivity contribution in [1.29, 1.82) is 0 Å². The van der Waals surface area contributed by atoms with Crippen molar-refractivity contribution >= 4 is 30.4 Å². The van der Waals surface area contributed by atoms with Gasteiger partial charge >= 0.3 is 123 Å². The number of hydrogen-bond donors (Lipinski definition) is 0. The van der Waals surface area contributed by atoms with Crippen LogP contribution >= 0.6 is 20.2 Å². The molecule has 0 saturated heterocycles. The van der Waals surface area contributed by atoms with Gasteiger partial charge in [0.2, 0.25) is 0 Å². The fourth-order valence-electron chi connectivity index (χ4n) is 1.57. The van der Waals surface area contributed by atoms with Gasteiger partial charge in [0, 0.05) is 0 Å². The van der Waals surface area contributed by atoms with Crippen molar-refractivity contribution in [2.45, 2.75) is 19.4 Å². The molecule has 1 rings (SSSR count). The molecule has 0 aliphatic rings. The summed E-state index contributed by atoms with van der Waals surface area (Å²) in [5, 5.41) is 0. The molecule has 116 valence electrons. The van der Waals surface area contributed by atoms with Crippen LogP contribution in [0.2, 0.25) is 0 Å². The van der Waals surface area contributed by atoms with Crippen LogP contribution in [0.4, 0.5) is 13.2 Å². The molecule has 0 aliphatic carbocycles. The molecule has 1 aromatic carbocycles. The summed E-state index contributed by atoms with van der Waals surface area (Å²) >= 11 is -2.93. The number of halogens is 4. The molecule has 0 heterocycles. The second-order valence-electron chi connectivity index (χ2n) is 3.96. The zero-order chi connectivity index (χ0) is 15.7. The van der Waals surface area contributed by atoms with Gasteiger partial charge in [-0.3, -0.25) is 0 Å². The third kappa shape index (κ3) is 3.76.